The number of carbonyl (C=O) groups is 3. The number of carbonyl (C=O) groups excluding carboxylic acids is 3. The molecule has 4 aliphatic rings. The van der Waals surface area contributed by atoms with Crippen molar-refractivity contribution >= 4 is 36.0 Å². The van der Waals surface area contributed by atoms with Crippen LogP contribution in [0, 0.1) is 23.7 Å². The number of methoxy groups -OCH3 is 1. The molecule has 1 N–H and O–H groups in total. The van der Waals surface area contributed by atoms with Crippen LogP contribution in [0.5, 0.6) is 11.6 Å². The molecule has 51 heavy (non-hydrogen) atoms. The number of rotatable bonds is 9. The topological polar surface area (TPSA) is 142 Å². The van der Waals surface area contributed by atoms with Crippen LogP contribution < -0.4 is 9.47 Å². The van der Waals surface area contributed by atoms with Crippen molar-refractivity contribution in [3.05, 3.63) is 42.6 Å². The summed E-state index contributed by atoms with van der Waals surface area (Å²) >= 11 is 0. The number of Topliss-reactive ketones (excluding diaryl/α,β-unsaturated/α-hetero) is 1. The number of pyridine rings is 1. The predicted molar refractivity (Wildman–Crippen MR) is 193 cm³/mol. The average Bonchev–Trinajstić information content (AvgIpc) is 3.69. The molecule has 3 heterocycles. The summed E-state index contributed by atoms with van der Waals surface area (Å²) in [5.41, 5.74) is 1.01. The van der Waals surface area contributed by atoms with Gasteiger partial charge in [-0.1, -0.05) is 32.3 Å². The molecule has 12 heteroatoms. The number of hydrogen-bond acceptors (Lipinski definition) is 9. The molecule has 4 bridgehead atoms. The molecule has 2 aromatic rings. The van der Waals surface area contributed by atoms with E-state index in [9.17, 15) is 23.8 Å². The van der Waals surface area contributed by atoms with Crippen LogP contribution in [0.4, 0.5) is 0 Å². The molecule has 0 spiro atoms. The first kappa shape index (κ1) is 37.5. The minimum Gasteiger partial charge on any atom is -0.496 e. The van der Waals surface area contributed by atoms with Crippen LogP contribution in [-0.2, 0) is 34.6 Å². The van der Waals surface area contributed by atoms with Crippen molar-refractivity contribution in [2.24, 2.45) is 23.7 Å². The van der Waals surface area contributed by atoms with Crippen LogP contribution in [-0.4, -0.2) is 76.6 Å². The average molecular weight is 725 g/mol. The first-order chi connectivity index (χ1) is 24.5. The van der Waals surface area contributed by atoms with Gasteiger partial charge in [0, 0.05) is 24.4 Å². The highest BCUT2D eigenvalue weighted by Crippen LogP contribution is 2.73. The summed E-state index contributed by atoms with van der Waals surface area (Å²) in [6, 6.07) is 5.01. The van der Waals surface area contributed by atoms with Crippen molar-refractivity contribution in [1.29, 1.82) is 0 Å². The van der Waals surface area contributed by atoms with Crippen LogP contribution in [0.2, 0.25) is 0 Å². The van der Waals surface area contributed by atoms with Crippen LogP contribution >= 0.6 is 7.60 Å². The molecule has 11 nitrogen and oxygen atoms in total. The number of fused-ring (bicyclic) bond motifs is 3. The molecule has 1 amide bonds. The lowest BCUT2D eigenvalue weighted by Gasteiger charge is -2.34. The third kappa shape index (κ3) is 7.91. The van der Waals surface area contributed by atoms with E-state index in [1.54, 1.807) is 31.2 Å². The largest absolute Gasteiger partial charge is 0.496 e. The fourth-order valence-electron chi connectivity index (χ4n) is 8.67. The van der Waals surface area contributed by atoms with Crippen molar-refractivity contribution in [2.75, 3.05) is 26.9 Å². The summed E-state index contributed by atoms with van der Waals surface area (Å²) in [5, 5.41) is 0.428. The van der Waals surface area contributed by atoms with Gasteiger partial charge in [0.25, 0.3) is 0 Å². The maximum Gasteiger partial charge on any atom is 0.335 e. The Balaban J connectivity index is 1.38. The molecule has 1 aromatic carbocycles. The minimum absolute atomic E-state index is 0.0128. The number of esters is 1. The summed E-state index contributed by atoms with van der Waals surface area (Å²) in [6.07, 6.45) is 10.0. The van der Waals surface area contributed by atoms with Gasteiger partial charge in [-0.05, 0) is 92.4 Å². The number of nitrogens with zero attached hydrogens (tertiary/aromatic N) is 2. The summed E-state index contributed by atoms with van der Waals surface area (Å²) in [7, 11) is -2.53. The van der Waals surface area contributed by atoms with Gasteiger partial charge in [0.15, 0.2) is 5.78 Å². The van der Waals surface area contributed by atoms with Crippen LogP contribution in [0.15, 0.2) is 37.1 Å². The van der Waals surface area contributed by atoms with Crippen molar-refractivity contribution in [1.82, 2.24) is 9.88 Å². The second kappa shape index (κ2) is 15.8. The second-order valence-corrected chi connectivity index (χ2v) is 17.3. The number of cyclic esters (lactones) is 1. The van der Waals surface area contributed by atoms with Gasteiger partial charge in [0.05, 0.1) is 50.4 Å². The lowest BCUT2D eigenvalue weighted by Crippen LogP contribution is -2.47. The smallest absolute Gasteiger partial charge is 0.335 e. The summed E-state index contributed by atoms with van der Waals surface area (Å²) in [4.78, 5) is 59.8. The van der Waals surface area contributed by atoms with E-state index in [-0.39, 0.29) is 68.5 Å². The van der Waals surface area contributed by atoms with Gasteiger partial charge in [-0.2, -0.15) is 0 Å². The Kier molecular flexibility index (Phi) is 11.6. The Labute approximate surface area is 301 Å². The highest BCUT2D eigenvalue weighted by atomic mass is 31.2. The first-order valence-electron chi connectivity index (χ1n) is 18.7. The minimum atomic E-state index is -4.19. The Morgan fingerprint density at radius 2 is 1.98 bits per heavy atom. The van der Waals surface area contributed by atoms with Crippen LogP contribution in [0.1, 0.15) is 90.0 Å². The highest BCUT2D eigenvalue weighted by Gasteiger charge is 2.66. The second-order valence-electron chi connectivity index (χ2n) is 15.1. The lowest BCUT2D eigenvalue weighted by molar-refractivity contribution is -0.152. The van der Waals surface area contributed by atoms with E-state index in [1.165, 1.54) is 0 Å². The highest BCUT2D eigenvalue weighted by molar-refractivity contribution is 7.55. The fraction of sp³-hybridized carbons (Fsp3) is 0.641. The zero-order valence-corrected chi connectivity index (χ0v) is 31.1. The normalized spacial score (nSPS) is 30.5. The van der Waals surface area contributed by atoms with Crippen LogP contribution in [0.3, 0.4) is 0 Å². The van der Waals surface area contributed by atoms with Gasteiger partial charge in [-0.3, -0.25) is 18.9 Å². The fourth-order valence-corrected chi connectivity index (χ4v) is 10.6. The molecule has 2 aliphatic carbocycles. The molecule has 278 valence electrons. The molecule has 0 radical (unpaired) electrons. The van der Waals surface area contributed by atoms with Crippen molar-refractivity contribution in [3.63, 3.8) is 0 Å². The molecule has 1 aromatic heterocycles. The molecule has 2 aliphatic heterocycles. The van der Waals surface area contributed by atoms with E-state index >= 15 is 0 Å². The standard InChI is InChI=1S/C39H53N2O9P/c1-5-29-21-39(29,51(45,46)49-6-2)22-34(42)33-19-30-23-41(33)38(44)32(26-12-8-7-9-13-26)20-36(43)48-24-25(3)11-10-14-28-17-31-27(18-35(28)47-4)15-16-40-37(31)50-30/h5,15-18,25-26,29-30,32-33H,1,6-14,19-24H2,2-4H3,(H,45,46)/t25-,29?,30+,32-,33-,39?/m0/s1. The Morgan fingerprint density at radius 1 is 1.20 bits per heavy atom. The number of aryl methyl sites for hydroxylation is 1. The quantitative estimate of drug-likeness (QED) is 0.166. The molecule has 2 saturated carbocycles. The van der Waals surface area contributed by atoms with Gasteiger partial charge in [-0.15, -0.1) is 6.58 Å². The third-order valence-corrected chi connectivity index (χ3v) is 14.1. The molecule has 6 rings (SSSR count). The van der Waals surface area contributed by atoms with E-state index in [1.807, 2.05) is 18.2 Å². The first-order valence-corrected chi connectivity index (χ1v) is 20.3. The molecule has 3 unspecified atom stereocenters. The molecular formula is C39H53N2O9P. The SMILES string of the molecule is C=CC1CC1(CC(=O)[C@@H]1C[C@@H]2CN1C(=O)[C@H](C1CCCCC1)CC(=O)OC[C@@H](C)CCCc1cc3c(nccc3cc1OC)O2)P(=O)(O)OCC. The molecule has 7 atom stereocenters. The van der Waals surface area contributed by atoms with Gasteiger partial charge < -0.3 is 28.5 Å². The van der Waals surface area contributed by atoms with Crippen molar-refractivity contribution < 1.29 is 42.6 Å². The number of aromatic nitrogens is 1. The van der Waals surface area contributed by atoms with Gasteiger partial charge in [-0.25, -0.2) is 4.98 Å². The van der Waals surface area contributed by atoms with E-state index in [2.05, 4.69) is 18.5 Å². The predicted octanol–water partition coefficient (Wildman–Crippen LogP) is 6.82. The van der Waals surface area contributed by atoms with Crippen molar-refractivity contribution in [2.45, 2.75) is 108 Å². The Morgan fingerprint density at radius 3 is 2.69 bits per heavy atom. The number of amides is 1. The van der Waals surface area contributed by atoms with Crippen molar-refractivity contribution in [3.8, 4) is 11.6 Å². The Hall–Kier alpha value is -3.27. The molecule has 3 fully saturated rings. The summed E-state index contributed by atoms with van der Waals surface area (Å²) in [6.45, 7) is 7.95. The lowest BCUT2D eigenvalue weighted by atomic mass is 9.77. The molecule has 1 saturated heterocycles. The summed E-state index contributed by atoms with van der Waals surface area (Å²) < 4.78 is 37.0. The van der Waals surface area contributed by atoms with Gasteiger partial charge in [0.2, 0.25) is 11.8 Å². The van der Waals surface area contributed by atoms with E-state index < -0.39 is 36.8 Å². The third-order valence-electron chi connectivity index (χ3n) is 11.7. The zero-order chi connectivity index (χ0) is 36.3. The van der Waals surface area contributed by atoms with Crippen LogP contribution in [0.25, 0.3) is 10.8 Å². The van der Waals surface area contributed by atoms with E-state index in [0.29, 0.717) is 12.3 Å². The zero-order valence-electron chi connectivity index (χ0n) is 30.2. The maximum absolute atomic E-state index is 14.8. The summed E-state index contributed by atoms with van der Waals surface area (Å²) in [5.74, 6) is -0.712. The van der Waals surface area contributed by atoms with E-state index in [0.717, 1.165) is 73.5 Å². The van der Waals surface area contributed by atoms with E-state index in [4.69, 9.17) is 18.7 Å². The number of benzene rings is 1. The van der Waals surface area contributed by atoms with Gasteiger partial charge >= 0.3 is 13.6 Å². The molecular weight excluding hydrogens is 671 g/mol. The number of ether oxygens (including phenoxy) is 3. The number of ketones is 1. The number of allylic oxidation sites excluding steroid dienone is 1. The maximum atomic E-state index is 14.8. The Bertz CT molecular complexity index is 1680. The number of hydrogen-bond donors (Lipinski definition) is 1. The van der Waals surface area contributed by atoms with Gasteiger partial charge in [0.1, 0.15) is 11.9 Å². The monoisotopic (exact) mass is 724 g/mol.